The number of amides is 1. The van der Waals surface area contributed by atoms with Crippen LogP contribution in [0, 0.1) is 6.92 Å². The van der Waals surface area contributed by atoms with Gasteiger partial charge < -0.3 is 24.2 Å². The number of likely N-dealkylation sites (N-methyl/N-ethyl adjacent to an activating group) is 1. The van der Waals surface area contributed by atoms with Crippen LogP contribution in [0.4, 0.5) is 0 Å². The number of carbonyl (C=O) groups excluding carboxylic acids is 1. The molecule has 1 aliphatic rings. The Morgan fingerprint density at radius 1 is 1.03 bits per heavy atom. The van der Waals surface area contributed by atoms with Crippen molar-refractivity contribution in [2.75, 3.05) is 53.5 Å². The Morgan fingerprint density at radius 3 is 2.35 bits per heavy atom. The van der Waals surface area contributed by atoms with Gasteiger partial charge in [0.25, 0.3) is 5.91 Å². The van der Waals surface area contributed by atoms with E-state index in [1.165, 1.54) is 16.0 Å². The van der Waals surface area contributed by atoms with Crippen molar-refractivity contribution in [3.05, 3.63) is 59.2 Å². The van der Waals surface area contributed by atoms with Crippen molar-refractivity contribution in [1.29, 1.82) is 0 Å². The van der Waals surface area contributed by atoms with Crippen LogP contribution in [0.1, 0.15) is 23.6 Å². The van der Waals surface area contributed by atoms with Crippen LogP contribution in [-0.4, -0.2) is 64.3 Å². The number of nitrogens with one attached hydrogen (secondary N) is 2. The SMILES string of the molecule is CCOc1ccc(CN(C)C(=O)C[NH+]2CC[NH+](Cc3cc(C)ccc3OC)CC2)cc1. The van der Waals surface area contributed by atoms with Crippen LogP contribution in [0.2, 0.25) is 0 Å². The van der Waals surface area contributed by atoms with Crippen LogP contribution < -0.4 is 19.3 Å². The van der Waals surface area contributed by atoms with Gasteiger partial charge >= 0.3 is 0 Å². The summed E-state index contributed by atoms with van der Waals surface area (Å²) in [5.41, 5.74) is 3.66. The molecule has 0 radical (unpaired) electrons. The lowest BCUT2D eigenvalue weighted by molar-refractivity contribution is -1.02. The van der Waals surface area contributed by atoms with E-state index in [1.54, 1.807) is 12.0 Å². The smallest absolute Gasteiger partial charge is 0.277 e. The summed E-state index contributed by atoms with van der Waals surface area (Å²) in [4.78, 5) is 17.5. The number of methoxy groups -OCH3 is 1. The van der Waals surface area contributed by atoms with Crippen molar-refractivity contribution in [2.45, 2.75) is 26.9 Å². The first-order chi connectivity index (χ1) is 15.0. The van der Waals surface area contributed by atoms with Gasteiger partial charge in [-0.2, -0.15) is 0 Å². The monoisotopic (exact) mass is 427 g/mol. The van der Waals surface area contributed by atoms with Crippen LogP contribution in [0.15, 0.2) is 42.5 Å². The van der Waals surface area contributed by atoms with Gasteiger partial charge in [0.1, 0.15) is 44.2 Å². The maximum atomic E-state index is 12.7. The van der Waals surface area contributed by atoms with Crippen molar-refractivity contribution in [3.63, 3.8) is 0 Å². The molecule has 0 aromatic heterocycles. The van der Waals surface area contributed by atoms with Gasteiger partial charge in [0, 0.05) is 19.2 Å². The maximum Gasteiger partial charge on any atom is 0.277 e. The summed E-state index contributed by atoms with van der Waals surface area (Å²) in [5.74, 6) is 2.04. The summed E-state index contributed by atoms with van der Waals surface area (Å²) in [6.45, 7) is 11.1. The molecule has 1 heterocycles. The molecule has 0 bridgehead atoms. The molecule has 1 fully saturated rings. The summed E-state index contributed by atoms with van der Waals surface area (Å²) >= 11 is 0. The van der Waals surface area contributed by atoms with E-state index in [0.717, 1.165) is 49.8 Å². The highest BCUT2D eigenvalue weighted by atomic mass is 16.5. The highest BCUT2D eigenvalue weighted by molar-refractivity contribution is 5.76. The fourth-order valence-electron chi connectivity index (χ4n) is 4.19. The predicted octanol–water partition coefficient (Wildman–Crippen LogP) is 0.344. The van der Waals surface area contributed by atoms with Crippen LogP contribution in [0.25, 0.3) is 0 Å². The van der Waals surface area contributed by atoms with Crippen LogP contribution >= 0.6 is 0 Å². The standard InChI is InChI=1S/C25H35N3O3/c1-5-31-23-9-7-21(8-10-23)17-26(3)25(29)19-28-14-12-27(13-15-28)18-22-16-20(2)6-11-24(22)30-4/h6-11,16H,5,12-15,17-19H2,1-4H3/p+2. The average molecular weight is 428 g/mol. The molecule has 0 aliphatic carbocycles. The Kier molecular flexibility index (Phi) is 8.32. The third kappa shape index (κ3) is 6.71. The molecule has 2 aromatic rings. The van der Waals surface area contributed by atoms with E-state index in [4.69, 9.17) is 9.47 Å². The molecular formula is C25H37N3O3+2. The lowest BCUT2D eigenvalue weighted by Crippen LogP contribution is -3.28. The van der Waals surface area contributed by atoms with E-state index in [2.05, 4.69) is 25.1 Å². The van der Waals surface area contributed by atoms with Gasteiger partial charge in [-0.3, -0.25) is 4.79 Å². The molecule has 0 atom stereocenters. The molecule has 1 saturated heterocycles. The zero-order valence-electron chi connectivity index (χ0n) is 19.4. The second-order valence-electron chi connectivity index (χ2n) is 8.50. The number of hydrogen-bond donors (Lipinski definition) is 2. The first kappa shape index (κ1) is 23.1. The van der Waals surface area contributed by atoms with Gasteiger partial charge in [-0.1, -0.05) is 23.8 Å². The molecule has 6 nitrogen and oxygen atoms in total. The molecule has 31 heavy (non-hydrogen) atoms. The summed E-state index contributed by atoms with van der Waals surface area (Å²) < 4.78 is 11.0. The third-order valence-electron chi connectivity index (χ3n) is 6.02. The Balaban J connectivity index is 1.44. The first-order valence-corrected chi connectivity index (χ1v) is 11.2. The van der Waals surface area contributed by atoms with Gasteiger partial charge in [0.05, 0.1) is 13.7 Å². The average Bonchev–Trinajstić information content (AvgIpc) is 2.77. The van der Waals surface area contributed by atoms with Crippen molar-refractivity contribution in [2.24, 2.45) is 0 Å². The summed E-state index contributed by atoms with van der Waals surface area (Å²) in [5, 5.41) is 0. The minimum absolute atomic E-state index is 0.202. The fraction of sp³-hybridized carbons (Fsp3) is 0.480. The molecule has 1 amide bonds. The van der Waals surface area contributed by atoms with E-state index in [0.29, 0.717) is 19.7 Å². The van der Waals surface area contributed by atoms with E-state index in [-0.39, 0.29) is 5.91 Å². The Labute approximate surface area is 186 Å². The molecule has 0 unspecified atom stereocenters. The molecular weight excluding hydrogens is 390 g/mol. The Morgan fingerprint density at radius 2 is 1.71 bits per heavy atom. The van der Waals surface area contributed by atoms with Crippen molar-refractivity contribution in [1.82, 2.24) is 4.90 Å². The number of nitrogens with zero attached hydrogens (tertiary/aromatic N) is 1. The molecule has 2 N–H and O–H groups in total. The zero-order valence-corrected chi connectivity index (χ0v) is 19.4. The van der Waals surface area contributed by atoms with E-state index < -0.39 is 0 Å². The predicted molar refractivity (Wildman–Crippen MR) is 122 cm³/mol. The summed E-state index contributed by atoms with van der Waals surface area (Å²) in [6.07, 6.45) is 0. The van der Waals surface area contributed by atoms with Crippen LogP contribution in [0.3, 0.4) is 0 Å². The lowest BCUT2D eigenvalue weighted by Gasteiger charge is -2.30. The van der Waals surface area contributed by atoms with Crippen molar-refractivity contribution >= 4 is 5.91 Å². The van der Waals surface area contributed by atoms with Gasteiger partial charge in [0.2, 0.25) is 0 Å². The van der Waals surface area contributed by atoms with Gasteiger partial charge in [-0.25, -0.2) is 0 Å². The number of quaternary nitrogens is 2. The highest BCUT2D eigenvalue weighted by Gasteiger charge is 2.26. The number of rotatable bonds is 9. The van der Waals surface area contributed by atoms with Gasteiger partial charge in [-0.15, -0.1) is 0 Å². The lowest BCUT2D eigenvalue weighted by atomic mass is 10.1. The number of piperazine rings is 1. The van der Waals surface area contributed by atoms with Crippen molar-refractivity contribution in [3.8, 4) is 11.5 Å². The molecule has 6 heteroatoms. The minimum atomic E-state index is 0.202. The highest BCUT2D eigenvalue weighted by Crippen LogP contribution is 2.18. The molecule has 1 aliphatic heterocycles. The quantitative estimate of drug-likeness (QED) is 0.607. The largest absolute Gasteiger partial charge is 0.496 e. The van der Waals surface area contributed by atoms with E-state index >= 15 is 0 Å². The molecule has 0 saturated carbocycles. The Hall–Kier alpha value is -2.57. The van der Waals surface area contributed by atoms with Crippen LogP contribution in [0.5, 0.6) is 11.5 Å². The molecule has 2 aromatic carbocycles. The second kappa shape index (κ2) is 11.2. The van der Waals surface area contributed by atoms with Gasteiger partial charge in [-0.05, 0) is 43.7 Å². The zero-order chi connectivity index (χ0) is 22.2. The molecule has 0 spiro atoms. The Bertz CT molecular complexity index is 846. The van der Waals surface area contributed by atoms with Crippen molar-refractivity contribution < 1.29 is 24.1 Å². The van der Waals surface area contributed by atoms with E-state index in [9.17, 15) is 4.79 Å². The number of aryl methyl sites for hydroxylation is 1. The van der Waals surface area contributed by atoms with Gasteiger partial charge in [0.15, 0.2) is 6.54 Å². The topological polar surface area (TPSA) is 47.6 Å². The fourth-order valence-corrected chi connectivity index (χ4v) is 4.19. The number of carbonyl (C=O) groups is 1. The summed E-state index contributed by atoms with van der Waals surface area (Å²) in [6, 6.07) is 14.4. The maximum absolute atomic E-state index is 12.7. The molecule has 3 rings (SSSR count). The number of hydrogen-bond acceptors (Lipinski definition) is 3. The first-order valence-electron chi connectivity index (χ1n) is 11.2. The van der Waals surface area contributed by atoms with E-state index in [1.807, 2.05) is 43.1 Å². The molecule has 168 valence electrons. The summed E-state index contributed by atoms with van der Waals surface area (Å²) in [7, 11) is 3.63. The second-order valence-corrected chi connectivity index (χ2v) is 8.50. The third-order valence-corrected chi connectivity index (χ3v) is 6.02. The van der Waals surface area contributed by atoms with Crippen LogP contribution in [-0.2, 0) is 17.9 Å². The minimum Gasteiger partial charge on any atom is -0.496 e. The number of ether oxygens (including phenoxy) is 2. The number of benzene rings is 2. The normalized spacial score (nSPS) is 18.5.